The van der Waals surface area contributed by atoms with Gasteiger partial charge >= 0.3 is 11.9 Å². The van der Waals surface area contributed by atoms with E-state index in [1.165, 1.54) is 12.1 Å². The van der Waals surface area contributed by atoms with Gasteiger partial charge in [0.2, 0.25) is 0 Å². The van der Waals surface area contributed by atoms with Crippen molar-refractivity contribution in [3.63, 3.8) is 0 Å². The van der Waals surface area contributed by atoms with Crippen LogP contribution in [0, 0.1) is 11.6 Å². The number of hydrogen-bond acceptors (Lipinski definition) is 5. The Kier molecular flexibility index (Phi) is 8.23. The van der Waals surface area contributed by atoms with E-state index in [2.05, 4.69) is 4.90 Å². The first kappa shape index (κ1) is 30.9. The number of alkyl halides is 3. The second-order valence-electron chi connectivity index (χ2n) is 11.6. The fourth-order valence-electron chi connectivity index (χ4n) is 6.41. The molecule has 0 radical (unpaired) electrons. The number of hydrogen-bond donors (Lipinski definition) is 1. The number of halogens is 5. The molecule has 0 bridgehead atoms. The average Bonchev–Trinajstić information content (AvgIpc) is 3.38. The Balaban J connectivity index is 1.41. The Labute approximate surface area is 255 Å². The Morgan fingerprint density at radius 3 is 2.22 bits per heavy atom. The molecule has 1 spiro atoms. The Bertz CT molecular complexity index is 1810. The topological polar surface area (TPSA) is 82.5 Å². The number of likely N-dealkylation sites (tertiary alicyclic amines) is 1. The summed E-state index contributed by atoms with van der Waals surface area (Å²) in [6.07, 6.45) is -4.14. The lowest BCUT2D eigenvalue weighted by Gasteiger charge is -2.39. The summed E-state index contributed by atoms with van der Waals surface area (Å²) in [4.78, 5) is 30.2. The maximum Gasteiger partial charge on any atom is 0.416 e. The van der Waals surface area contributed by atoms with Gasteiger partial charge in [0, 0.05) is 31.2 Å². The van der Waals surface area contributed by atoms with Crippen molar-refractivity contribution in [1.29, 1.82) is 0 Å². The zero-order valence-electron chi connectivity index (χ0n) is 24.2. The fraction of sp³-hybridized carbons (Fsp3) is 0.333. The molecule has 2 aliphatic rings. The number of fused-ring (bicyclic) bond motifs is 2. The molecule has 1 unspecified atom stereocenters. The number of nitrogens with zero attached hydrogens (tertiary/aromatic N) is 3. The van der Waals surface area contributed by atoms with Crippen LogP contribution in [0.25, 0.3) is 0 Å². The molecule has 45 heavy (non-hydrogen) atoms. The van der Waals surface area contributed by atoms with Crippen LogP contribution in [0.1, 0.15) is 52.4 Å². The highest BCUT2D eigenvalue weighted by molar-refractivity contribution is 5.35. The van der Waals surface area contributed by atoms with E-state index in [0.29, 0.717) is 38.0 Å². The smallest absolute Gasteiger partial charge is 0.364 e. The summed E-state index contributed by atoms with van der Waals surface area (Å²) in [7, 11) is 0. The third-order valence-electron chi connectivity index (χ3n) is 8.81. The predicted molar refractivity (Wildman–Crippen MR) is 156 cm³/mol. The Morgan fingerprint density at radius 1 is 0.867 bits per heavy atom. The zero-order valence-corrected chi connectivity index (χ0v) is 24.2. The highest BCUT2D eigenvalue weighted by atomic mass is 19.4. The summed E-state index contributed by atoms with van der Waals surface area (Å²) >= 11 is 0. The van der Waals surface area contributed by atoms with Crippen molar-refractivity contribution >= 4 is 0 Å². The van der Waals surface area contributed by atoms with Gasteiger partial charge in [-0.15, -0.1) is 0 Å². The molecule has 1 fully saturated rings. The van der Waals surface area contributed by atoms with Crippen LogP contribution in [0.15, 0.2) is 82.4 Å². The van der Waals surface area contributed by atoms with Crippen LogP contribution >= 0.6 is 0 Å². The van der Waals surface area contributed by atoms with E-state index in [1.54, 1.807) is 42.5 Å². The second-order valence-corrected chi connectivity index (χ2v) is 11.6. The number of nitrogens with two attached hydrogens (primary N) is 1. The van der Waals surface area contributed by atoms with Crippen LogP contribution in [0.3, 0.4) is 0 Å². The minimum Gasteiger partial charge on any atom is -0.364 e. The molecule has 3 heterocycles. The molecular formula is C33H31F5N4O3. The van der Waals surface area contributed by atoms with Crippen molar-refractivity contribution in [3.8, 4) is 0 Å². The molecule has 1 atom stereocenters. The molecule has 6 rings (SSSR count). The molecule has 12 heteroatoms. The van der Waals surface area contributed by atoms with E-state index in [0.717, 1.165) is 32.9 Å². The second kappa shape index (κ2) is 12.0. The highest BCUT2D eigenvalue weighted by Crippen LogP contribution is 2.43. The van der Waals surface area contributed by atoms with E-state index in [9.17, 15) is 31.5 Å². The molecule has 4 aromatic rings. The van der Waals surface area contributed by atoms with Gasteiger partial charge in [-0.1, -0.05) is 48.5 Å². The predicted octanol–water partition coefficient (Wildman–Crippen LogP) is 5.08. The van der Waals surface area contributed by atoms with Crippen molar-refractivity contribution < 1.29 is 26.7 Å². The van der Waals surface area contributed by atoms with Crippen molar-refractivity contribution in [2.45, 2.75) is 56.9 Å². The molecule has 2 aliphatic heterocycles. The van der Waals surface area contributed by atoms with Gasteiger partial charge in [-0.3, -0.25) is 18.8 Å². The highest BCUT2D eigenvalue weighted by Gasteiger charge is 2.47. The lowest BCUT2D eigenvalue weighted by molar-refractivity contribution is -0.138. The van der Waals surface area contributed by atoms with Gasteiger partial charge < -0.3 is 10.5 Å². The molecule has 236 valence electrons. The Morgan fingerprint density at radius 2 is 1.56 bits per heavy atom. The first-order chi connectivity index (χ1) is 21.5. The van der Waals surface area contributed by atoms with Gasteiger partial charge in [-0.25, -0.2) is 13.6 Å². The summed E-state index contributed by atoms with van der Waals surface area (Å²) in [6, 6.07) is 16.8. The number of piperidine rings is 1. The van der Waals surface area contributed by atoms with Crippen molar-refractivity contribution in [1.82, 2.24) is 14.0 Å². The molecule has 1 aromatic heterocycles. The summed E-state index contributed by atoms with van der Waals surface area (Å²) in [5, 5.41) is 0. The number of benzene rings is 3. The first-order valence-electron chi connectivity index (χ1n) is 14.6. The third-order valence-corrected chi connectivity index (χ3v) is 8.81. The van der Waals surface area contributed by atoms with Gasteiger partial charge in [-0.05, 0) is 48.2 Å². The number of aromatic nitrogens is 2. The number of ether oxygens (including phenoxy) is 1. The fourth-order valence-corrected chi connectivity index (χ4v) is 6.41. The monoisotopic (exact) mass is 626 g/mol. The maximum atomic E-state index is 15.0. The lowest BCUT2D eigenvalue weighted by Crippen LogP contribution is -2.49. The molecule has 7 nitrogen and oxygen atoms in total. The SMILES string of the molecule is NC(Cn1c(=O)c2c(n(Cc3c(F)cccc3C(F)(F)F)c1=O)COC21CCN(Cc2ccc(F)cc2)CC1)c1ccccc1. The van der Waals surface area contributed by atoms with Crippen LogP contribution in [0.2, 0.25) is 0 Å². The van der Waals surface area contributed by atoms with Crippen molar-refractivity contribution in [2.24, 2.45) is 5.73 Å². The number of rotatable bonds is 7. The molecule has 1 saturated heterocycles. The van der Waals surface area contributed by atoms with E-state index in [4.69, 9.17) is 10.5 Å². The standard InChI is InChI=1S/C33H31F5N4O3/c34-23-11-9-21(10-12-23)17-40-15-13-32(14-16-40)29-28(20-45-32)41(18-24-25(33(36,37)38)7-4-8-26(24)35)31(44)42(30(29)43)19-27(39)22-5-2-1-3-6-22/h1-12,27H,13-20,39H2. The van der Waals surface area contributed by atoms with E-state index >= 15 is 0 Å². The summed E-state index contributed by atoms with van der Waals surface area (Å²) < 4.78 is 78.4. The molecule has 0 saturated carbocycles. The summed E-state index contributed by atoms with van der Waals surface area (Å²) in [6.45, 7) is 0.366. The van der Waals surface area contributed by atoms with Crippen LogP contribution in [-0.2, 0) is 42.8 Å². The summed E-state index contributed by atoms with van der Waals surface area (Å²) in [5.41, 5.74) is 3.79. The van der Waals surface area contributed by atoms with Crippen LogP contribution in [0.5, 0.6) is 0 Å². The van der Waals surface area contributed by atoms with Crippen LogP contribution < -0.4 is 17.0 Å². The minimum absolute atomic E-state index is 0.137. The van der Waals surface area contributed by atoms with Crippen molar-refractivity contribution in [2.75, 3.05) is 13.1 Å². The van der Waals surface area contributed by atoms with E-state index in [-0.39, 0.29) is 30.2 Å². The normalized spacial score (nSPS) is 17.0. The van der Waals surface area contributed by atoms with E-state index in [1.807, 2.05) is 0 Å². The molecule has 3 aromatic carbocycles. The third kappa shape index (κ3) is 5.97. The van der Waals surface area contributed by atoms with Gasteiger partial charge in [0.05, 0.1) is 36.5 Å². The van der Waals surface area contributed by atoms with Crippen LogP contribution in [0.4, 0.5) is 22.0 Å². The summed E-state index contributed by atoms with van der Waals surface area (Å²) in [5.74, 6) is -1.45. The van der Waals surface area contributed by atoms with Crippen LogP contribution in [-0.4, -0.2) is 27.1 Å². The average molecular weight is 627 g/mol. The molecule has 0 amide bonds. The first-order valence-corrected chi connectivity index (χ1v) is 14.6. The quantitative estimate of drug-likeness (QED) is 0.290. The van der Waals surface area contributed by atoms with Gasteiger partial charge in [0.25, 0.3) is 5.56 Å². The zero-order chi connectivity index (χ0) is 31.9. The minimum atomic E-state index is -4.87. The molecule has 2 N–H and O–H groups in total. The molecular weight excluding hydrogens is 595 g/mol. The van der Waals surface area contributed by atoms with Gasteiger partial charge in [-0.2, -0.15) is 13.2 Å². The van der Waals surface area contributed by atoms with Gasteiger partial charge in [0.1, 0.15) is 17.2 Å². The van der Waals surface area contributed by atoms with Crippen molar-refractivity contribution in [3.05, 3.63) is 139 Å². The Hall–Kier alpha value is -4.13. The largest absolute Gasteiger partial charge is 0.416 e. The lowest BCUT2D eigenvalue weighted by atomic mass is 9.85. The molecule has 0 aliphatic carbocycles. The van der Waals surface area contributed by atoms with E-state index < -0.39 is 52.6 Å². The van der Waals surface area contributed by atoms with Gasteiger partial charge in [0.15, 0.2) is 0 Å². The maximum absolute atomic E-state index is 15.0.